The second-order valence-corrected chi connectivity index (χ2v) is 4.22. The van der Waals surface area contributed by atoms with Crippen molar-refractivity contribution < 1.29 is 5.11 Å². The summed E-state index contributed by atoms with van der Waals surface area (Å²) in [7, 11) is 0. The topological polar surface area (TPSA) is 32.6 Å². The standard InChI is InChI=1S/C14H12ClNO/c1-10-2-5-12(15)8-14(10)16-9-11-3-6-13(17)7-4-11/h2-9,17H,1H3. The first kappa shape index (κ1) is 11.7. The zero-order chi connectivity index (χ0) is 12.3. The lowest BCUT2D eigenvalue weighted by atomic mass is 10.2. The van der Waals surface area contributed by atoms with E-state index < -0.39 is 0 Å². The lowest BCUT2D eigenvalue weighted by Gasteiger charge is -2.00. The van der Waals surface area contributed by atoms with Crippen LogP contribution in [0, 0.1) is 6.92 Å². The average molecular weight is 246 g/mol. The van der Waals surface area contributed by atoms with Crippen molar-refractivity contribution in [1.82, 2.24) is 0 Å². The summed E-state index contributed by atoms with van der Waals surface area (Å²) in [5.74, 6) is 0.251. The number of aryl methyl sites for hydroxylation is 1. The third-order valence-electron chi connectivity index (χ3n) is 2.42. The van der Waals surface area contributed by atoms with Gasteiger partial charge < -0.3 is 5.11 Å². The maximum Gasteiger partial charge on any atom is 0.115 e. The van der Waals surface area contributed by atoms with Gasteiger partial charge in [-0.05, 0) is 54.4 Å². The number of aromatic hydroxyl groups is 1. The number of phenolic OH excluding ortho intramolecular Hbond substituents is 1. The van der Waals surface area contributed by atoms with Gasteiger partial charge in [0.05, 0.1) is 5.69 Å². The molecule has 2 aromatic carbocycles. The molecule has 0 aromatic heterocycles. The molecule has 0 saturated carbocycles. The summed E-state index contributed by atoms with van der Waals surface area (Å²) in [5.41, 5.74) is 2.86. The van der Waals surface area contributed by atoms with Gasteiger partial charge in [-0.15, -0.1) is 0 Å². The van der Waals surface area contributed by atoms with Crippen LogP contribution in [0.5, 0.6) is 5.75 Å². The summed E-state index contributed by atoms with van der Waals surface area (Å²) in [6.45, 7) is 1.99. The molecule has 2 nitrogen and oxygen atoms in total. The Balaban J connectivity index is 2.25. The van der Waals surface area contributed by atoms with E-state index in [0.29, 0.717) is 5.02 Å². The van der Waals surface area contributed by atoms with E-state index in [-0.39, 0.29) is 5.75 Å². The molecule has 86 valence electrons. The molecule has 0 heterocycles. The number of hydrogen-bond acceptors (Lipinski definition) is 2. The fourth-order valence-corrected chi connectivity index (χ4v) is 1.59. The second kappa shape index (κ2) is 5.02. The van der Waals surface area contributed by atoms with Crippen molar-refractivity contribution in [3.8, 4) is 5.75 Å². The molecule has 0 aliphatic rings. The molecule has 0 fully saturated rings. The first-order valence-corrected chi connectivity index (χ1v) is 5.62. The third-order valence-corrected chi connectivity index (χ3v) is 2.65. The number of hydrogen-bond donors (Lipinski definition) is 1. The van der Waals surface area contributed by atoms with Crippen molar-refractivity contribution in [2.45, 2.75) is 6.92 Å². The number of phenols is 1. The smallest absolute Gasteiger partial charge is 0.115 e. The average Bonchev–Trinajstić information content (AvgIpc) is 2.32. The molecule has 0 radical (unpaired) electrons. The van der Waals surface area contributed by atoms with Crippen LogP contribution in [-0.2, 0) is 0 Å². The van der Waals surface area contributed by atoms with Crippen LogP contribution in [0.15, 0.2) is 47.5 Å². The van der Waals surface area contributed by atoms with Crippen LogP contribution in [0.3, 0.4) is 0 Å². The lowest BCUT2D eigenvalue weighted by Crippen LogP contribution is -1.80. The molecule has 0 bridgehead atoms. The van der Waals surface area contributed by atoms with Crippen LogP contribution in [0.4, 0.5) is 5.69 Å². The molecule has 0 atom stereocenters. The highest BCUT2D eigenvalue weighted by Gasteiger charge is 1.96. The largest absolute Gasteiger partial charge is 0.508 e. The van der Waals surface area contributed by atoms with E-state index in [9.17, 15) is 0 Å². The quantitative estimate of drug-likeness (QED) is 0.794. The SMILES string of the molecule is Cc1ccc(Cl)cc1N=Cc1ccc(O)cc1. The fourth-order valence-electron chi connectivity index (χ4n) is 1.43. The van der Waals surface area contributed by atoms with Crippen LogP contribution >= 0.6 is 11.6 Å². The van der Waals surface area contributed by atoms with E-state index in [4.69, 9.17) is 16.7 Å². The minimum atomic E-state index is 0.251. The minimum absolute atomic E-state index is 0.251. The zero-order valence-corrected chi connectivity index (χ0v) is 10.1. The number of halogens is 1. The van der Waals surface area contributed by atoms with Gasteiger partial charge in [-0.25, -0.2) is 0 Å². The van der Waals surface area contributed by atoms with Crippen LogP contribution in [0.2, 0.25) is 5.02 Å². The maximum atomic E-state index is 9.16. The monoisotopic (exact) mass is 245 g/mol. The Morgan fingerprint density at radius 2 is 1.82 bits per heavy atom. The first-order valence-electron chi connectivity index (χ1n) is 5.24. The highest BCUT2D eigenvalue weighted by molar-refractivity contribution is 6.30. The highest BCUT2D eigenvalue weighted by Crippen LogP contribution is 2.23. The van der Waals surface area contributed by atoms with Crippen molar-refractivity contribution in [3.63, 3.8) is 0 Å². The summed E-state index contributed by atoms with van der Waals surface area (Å²) >= 11 is 5.91. The van der Waals surface area contributed by atoms with Crippen molar-refractivity contribution in [2.75, 3.05) is 0 Å². The Kier molecular flexibility index (Phi) is 3.45. The van der Waals surface area contributed by atoms with E-state index in [1.807, 2.05) is 25.1 Å². The van der Waals surface area contributed by atoms with Crippen LogP contribution < -0.4 is 0 Å². The molecule has 0 aliphatic carbocycles. The molecule has 3 heteroatoms. The highest BCUT2D eigenvalue weighted by atomic mass is 35.5. The molecule has 0 aliphatic heterocycles. The number of aliphatic imine (C=N–C) groups is 1. The molecule has 0 unspecified atom stereocenters. The summed E-state index contributed by atoms with van der Waals surface area (Å²) in [4.78, 5) is 4.38. The molecule has 2 rings (SSSR count). The predicted molar refractivity (Wildman–Crippen MR) is 71.5 cm³/mol. The fraction of sp³-hybridized carbons (Fsp3) is 0.0714. The third kappa shape index (κ3) is 3.08. The zero-order valence-electron chi connectivity index (χ0n) is 9.39. The Labute approximate surface area is 105 Å². The molecule has 2 aromatic rings. The number of benzene rings is 2. The van der Waals surface area contributed by atoms with E-state index in [1.54, 1.807) is 30.5 Å². The van der Waals surface area contributed by atoms with Gasteiger partial charge in [0.15, 0.2) is 0 Å². The molecular formula is C14H12ClNO. The summed E-state index contributed by atoms with van der Waals surface area (Å²) in [5, 5.41) is 9.83. The Bertz CT molecular complexity index is 547. The Hall–Kier alpha value is -1.80. The molecule has 1 N–H and O–H groups in total. The summed E-state index contributed by atoms with van der Waals surface area (Å²) in [6.07, 6.45) is 1.75. The van der Waals surface area contributed by atoms with Crippen molar-refractivity contribution in [2.24, 2.45) is 4.99 Å². The van der Waals surface area contributed by atoms with Crippen molar-refractivity contribution in [3.05, 3.63) is 58.6 Å². The van der Waals surface area contributed by atoms with Gasteiger partial charge in [-0.1, -0.05) is 17.7 Å². The van der Waals surface area contributed by atoms with Gasteiger partial charge in [-0.3, -0.25) is 4.99 Å². The minimum Gasteiger partial charge on any atom is -0.508 e. The van der Waals surface area contributed by atoms with Gasteiger partial charge in [0.25, 0.3) is 0 Å². The normalized spacial score (nSPS) is 10.9. The van der Waals surface area contributed by atoms with Gasteiger partial charge >= 0.3 is 0 Å². The van der Waals surface area contributed by atoms with Crippen molar-refractivity contribution >= 4 is 23.5 Å². The Morgan fingerprint density at radius 3 is 2.53 bits per heavy atom. The molecular weight excluding hydrogens is 234 g/mol. The van der Waals surface area contributed by atoms with E-state index >= 15 is 0 Å². The van der Waals surface area contributed by atoms with Crippen LogP contribution in [0.25, 0.3) is 0 Å². The Morgan fingerprint density at radius 1 is 1.12 bits per heavy atom. The van der Waals surface area contributed by atoms with Gasteiger partial charge in [0, 0.05) is 11.2 Å². The van der Waals surface area contributed by atoms with E-state index in [0.717, 1.165) is 16.8 Å². The van der Waals surface area contributed by atoms with Crippen molar-refractivity contribution in [1.29, 1.82) is 0 Å². The number of nitrogens with zero attached hydrogens (tertiary/aromatic N) is 1. The van der Waals surface area contributed by atoms with Crippen LogP contribution in [-0.4, -0.2) is 11.3 Å². The molecule has 0 spiro atoms. The molecule has 0 saturated heterocycles. The van der Waals surface area contributed by atoms with Gasteiger partial charge in [0.2, 0.25) is 0 Å². The van der Waals surface area contributed by atoms with Crippen LogP contribution in [0.1, 0.15) is 11.1 Å². The summed E-state index contributed by atoms with van der Waals surface area (Å²) < 4.78 is 0. The number of rotatable bonds is 2. The van der Waals surface area contributed by atoms with Gasteiger partial charge in [0.1, 0.15) is 5.75 Å². The summed E-state index contributed by atoms with van der Waals surface area (Å²) in [6, 6.07) is 12.5. The first-order chi connectivity index (χ1) is 8.15. The lowest BCUT2D eigenvalue weighted by molar-refractivity contribution is 0.475. The van der Waals surface area contributed by atoms with Gasteiger partial charge in [-0.2, -0.15) is 0 Å². The molecule has 17 heavy (non-hydrogen) atoms. The predicted octanol–water partition coefficient (Wildman–Crippen LogP) is 4.10. The molecule has 0 amide bonds. The second-order valence-electron chi connectivity index (χ2n) is 3.78. The van der Waals surface area contributed by atoms with E-state index in [2.05, 4.69) is 4.99 Å². The maximum absolute atomic E-state index is 9.16. The van der Waals surface area contributed by atoms with E-state index in [1.165, 1.54) is 0 Å².